The molecule has 0 aliphatic heterocycles. The largest absolute Gasteiger partial charge is 0.495 e. The number of amides is 1. The molecule has 86 valence electrons. The Balaban J connectivity index is 2.12. The van der Waals surface area contributed by atoms with Crippen LogP contribution in [0.25, 0.3) is 0 Å². The SMILES string of the molecule is COc1ccccc1NC(=O)C1(CN)CC1. The summed E-state index contributed by atoms with van der Waals surface area (Å²) in [7, 11) is 1.58. The van der Waals surface area contributed by atoms with Gasteiger partial charge in [0.1, 0.15) is 5.75 Å². The van der Waals surface area contributed by atoms with Gasteiger partial charge in [0.15, 0.2) is 0 Å². The highest BCUT2D eigenvalue weighted by Crippen LogP contribution is 2.45. The summed E-state index contributed by atoms with van der Waals surface area (Å²) in [6.07, 6.45) is 1.76. The lowest BCUT2D eigenvalue weighted by Gasteiger charge is -2.14. The molecule has 4 nitrogen and oxygen atoms in total. The summed E-state index contributed by atoms with van der Waals surface area (Å²) >= 11 is 0. The quantitative estimate of drug-likeness (QED) is 0.805. The van der Waals surface area contributed by atoms with Crippen LogP contribution in [0.1, 0.15) is 12.8 Å². The third-order valence-electron chi connectivity index (χ3n) is 3.08. The maximum absolute atomic E-state index is 11.9. The van der Waals surface area contributed by atoms with Crippen molar-refractivity contribution in [2.24, 2.45) is 11.1 Å². The van der Waals surface area contributed by atoms with E-state index >= 15 is 0 Å². The maximum Gasteiger partial charge on any atom is 0.231 e. The molecule has 0 spiro atoms. The molecule has 0 aromatic heterocycles. The number of carbonyl (C=O) groups excluding carboxylic acids is 1. The van der Waals surface area contributed by atoms with Gasteiger partial charge in [-0.1, -0.05) is 12.1 Å². The molecule has 0 radical (unpaired) electrons. The standard InChI is InChI=1S/C12H16N2O2/c1-16-10-5-3-2-4-9(10)14-11(15)12(8-13)6-7-12/h2-5H,6-8,13H2,1H3,(H,14,15). The van der Waals surface area contributed by atoms with Crippen LogP contribution < -0.4 is 15.8 Å². The zero-order chi connectivity index (χ0) is 11.6. The summed E-state index contributed by atoms with van der Waals surface area (Å²) in [4.78, 5) is 11.9. The fourth-order valence-electron chi connectivity index (χ4n) is 1.68. The molecule has 0 heterocycles. The van der Waals surface area contributed by atoms with Crippen LogP contribution in [0.2, 0.25) is 0 Å². The van der Waals surface area contributed by atoms with Crippen LogP contribution in [0.15, 0.2) is 24.3 Å². The number of anilines is 1. The molecule has 0 atom stereocenters. The molecule has 4 heteroatoms. The van der Waals surface area contributed by atoms with Crippen LogP contribution in [0.4, 0.5) is 5.69 Å². The van der Waals surface area contributed by atoms with Crippen molar-refractivity contribution in [2.45, 2.75) is 12.8 Å². The minimum atomic E-state index is -0.332. The molecule has 1 aromatic rings. The van der Waals surface area contributed by atoms with Gasteiger partial charge in [0.25, 0.3) is 0 Å². The van der Waals surface area contributed by atoms with Gasteiger partial charge in [-0.15, -0.1) is 0 Å². The van der Waals surface area contributed by atoms with E-state index in [-0.39, 0.29) is 11.3 Å². The molecule has 1 aromatic carbocycles. The first-order chi connectivity index (χ1) is 7.72. The highest BCUT2D eigenvalue weighted by molar-refractivity contribution is 5.98. The van der Waals surface area contributed by atoms with Crippen molar-refractivity contribution in [1.29, 1.82) is 0 Å². The minimum absolute atomic E-state index is 0.000463. The van der Waals surface area contributed by atoms with Crippen molar-refractivity contribution in [2.75, 3.05) is 19.0 Å². The average molecular weight is 220 g/mol. The molecule has 0 saturated heterocycles. The van der Waals surface area contributed by atoms with Gasteiger partial charge in [-0.05, 0) is 25.0 Å². The first-order valence-corrected chi connectivity index (χ1v) is 5.36. The van der Waals surface area contributed by atoms with Crippen LogP contribution in [0.5, 0.6) is 5.75 Å². The zero-order valence-corrected chi connectivity index (χ0v) is 9.32. The molecule has 1 saturated carbocycles. The fourth-order valence-corrected chi connectivity index (χ4v) is 1.68. The normalized spacial score (nSPS) is 16.6. The Kier molecular flexibility index (Phi) is 2.83. The molecule has 2 rings (SSSR count). The van der Waals surface area contributed by atoms with E-state index in [1.165, 1.54) is 0 Å². The maximum atomic E-state index is 11.9. The topological polar surface area (TPSA) is 64.3 Å². The third-order valence-corrected chi connectivity index (χ3v) is 3.08. The van der Waals surface area contributed by atoms with Gasteiger partial charge < -0.3 is 15.8 Å². The number of para-hydroxylation sites is 2. The second-order valence-corrected chi connectivity index (χ2v) is 4.14. The highest BCUT2D eigenvalue weighted by atomic mass is 16.5. The summed E-state index contributed by atoms with van der Waals surface area (Å²) in [6.45, 7) is 0.411. The molecule has 1 aliphatic carbocycles. The Morgan fingerprint density at radius 1 is 1.50 bits per heavy atom. The van der Waals surface area contributed by atoms with Crippen molar-refractivity contribution in [3.63, 3.8) is 0 Å². The second-order valence-electron chi connectivity index (χ2n) is 4.14. The third kappa shape index (κ3) is 1.88. The van der Waals surface area contributed by atoms with Crippen molar-refractivity contribution in [1.82, 2.24) is 0 Å². The summed E-state index contributed by atoms with van der Waals surface area (Å²) < 4.78 is 5.17. The smallest absolute Gasteiger partial charge is 0.231 e. The Bertz CT molecular complexity index is 400. The van der Waals surface area contributed by atoms with E-state index in [1.807, 2.05) is 24.3 Å². The van der Waals surface area contributed by atoms with E-state index in [4.69, 9.17) is 10.5 Å². The van der Waals surface area contributed by atoms with E-state index in [1.54, 1.807) is 7.11 Å². The van der Waals surface area contributed by atoms with E-state index < -0.39 is 0 Å². The number of nitrogens with two attached hydrogens (primary N) is 1. The van der Waals surface area contributed by atoms with Crippen LogP contribution in [-0.2, 0) is 4.79 Å². The minimum Gasteiger partial charge on any atom is -0.495 e. The molecule has 1 amide bonds. The van der Waals surface area contributed by atoms with Crippen molar-refractivity contribution in [3.8, 4) is 5.75 Å². The highest BCUT2D eigenvalue weighted by Gasteiger charge is 2.48. The van der Waals surface area contributed by atoms with E-state index in [0.717, 1.165) is 12.8 Å². The number of hydrogen-bond acceptors (Lipinski definition) is 3. The Morgan fingerprint density at radius 2 is 2.19 bits per heavy atom. The molecule has 0 bridgehead atoms. The van der Waals surface area contributed by atoms with Gasteiger partial charge in [-0.25, -0.2) is 0 Å². The summed E-state index contributed by atoms with van der Waals surface area (Å²) in [5.41, 5.74) is 5.97. The lowest BCUT2D eigenvalue weighted by molar-refractivity contribution is -0.120. The van der Waals surface area contributed by atoms with Gasteiger partial charge in [0, 0.05) is 6.54 Å². The summed E-state index contributed by atoms with van der Waals surface area (Å²) in [5.74, 6) is 0.670. The van der Waals surface area contributed by atoms with E-state index in [0.29, 0.717) is 18.0 Å². The van der Waals surface area contributed by atoms with Crippen LogP contribution >= 0.6 is 0 Å². The van der Waals surface area contributed by atoms with Crippen molar-refractivity contribution >= 4 is 11.6 Å². The van der Waals surface area contributed by atoms with E-state index in [9.17, 15) is 4.79 Å². The number of rotatable bonds is 4. The number of ether oxygens (including phenoxy) is 1. The van der Waals surface area contributed by atoms with E-state index in [2.05, 4.69) is 5.32 Å². The predicted molar refractivity (Wildman–Crippen MR) is 62.3 cm³/mol. The van der Waals surface area contributed by atoms with Crippen molar-refractivity contribution in [3.05, 3.63) is 24.3 Å². The summed E-state index contributed by atoms with van der Waals surface area (Å²) in [6, 6.07) is 7.37. The average Bonchev–Trinajstić information content (AvgIpc) is 3.10. The van der Waals surface area contributed by atoms with Crippen molar-refractivity contribution < 1.29 is 9.53 Å². The number of carbonyl (C=O) groups is 1. The number of nitrogens with one attached hydrogen (secondary N) is 1. The molecule has 0 unspecified atom stereocenters. The van der Waals surface area contributed by atoms with Gasteiger partial charge in [0.05, 0.1) is 18.2 Å². The lowest BCUT2D eigenvalue weighted by atomic mass is 10.1. The fraction of sp³-hybridized carbons (Fsp3) is 0.417. The number of hydrogen-bond donors (Lipinski definition) is 2. The van der Waals surface area contributed by atoms with Crippen LogP contribution in [-0.4, -0.2) is 19.6 Å². The molecule has 16 heavy (non-hydrogen) atoms. The number of methoxy groups -OCH3 is 1. The molecular weight excluding hydrogens is 204 g/mol. The Labute approximate surface area is 94.8 Å². The summed E-state index contributed by atoms with van der Waals surface area (Å²) in [5, 5.41) is 2.87. The predicted octanol–water partition coefficient (Wildman–Crippen LogP) is 1.37. The van der Waals surface area contributed by atoms with Gasteiger partial charge in [-0.2, -0.15) is 0 Å². The van der Waals surface area contributed by atoms with Crippen LogP contribution in [0, 0.1) is 5.41 Å². The molecular formula is C12H16N2O2. The Morgan fingerprint density at radius 3 is 2.75 bits per heavy atom. The van der Waals surface area contributed by atoms with Gasteiger partial charge >= 0.3 is 0 Å². The molecule has 1 fully saturated rings. The van der Waals surface area contributed by atoms with Gasteiger partial charge in [-0.3, -0.25) is 4.79 Å². The first-order valence-electron chi connectivity index (χ1n) is 5.36. The lowest BCUT2D eigenvalue weighted by Crippen LogP contribution is -2.30. The number of benzene rings is 1. The molecule has 1 aliphatic rings. The van der Waals surface area contributed by atoms with Gasteiger partial charge in [0.2, 0.25) is 5.91 Å². The van der Waals surface area contributed by atoms with Crippen LogP contribution in [0.3, 0.4) is 0 Å². The first kappa shape index (κ1) is 11.0. The second kappa shape index (κ2) is 4.14. The molecule has 3 N–H and O–H groups in total. The Hall–Kier alpha value is -1.55. The monoisotopic (exact) mass is 220 g/mol. The zero-order valence-electron chi connectivity index (χ0n) is 9.32.